The molecule has 0 bridgehead atoms. The average molecular weight is 577 g/mol. The molecule has 0 spiro atoms. The molecular formula is C21H28Cl3NO11. The zero-order chi connectivity index (χ0) is 26.6. The summed E-state index contributed by atoms with van der Waals surface area (Å²) >= 11 is 17.1. The van der Waals surface area contributed by atoms with Gasteiger partial charge in [-0.25, -0.2) is 0 Å². The molecule has 0 aromatic heterocycles. The van der Waals surface area contributed by atoms with Gasteiger partial charge in [-0.15, -0.1) is 0 Å². The van der Waals surface area contributed by atoms with Crippen molar-refractivity contribution in [2.45, 2.75) is 71.7 Å². The number of halogens is 3. The first-order chi connectivity index (χ1) is 17.0. The molecule has 7 N–H and O–H groups in total. The van der Waals surface area contributed by atoms with E-state index in [1.54, 1.807) is 30.3 Å². The molecule has 1 aromatic rings. The number of hydrogen-bond donors (Lipinski definition) is 7. The lowest BCUT2D eigenvalue weighted by molar-refractivity contribution is -0.345. The summed E-state index contributed by atoms with van der Waals surface area (Å²) in [5.74, 6) is -1.12. The minimum atomic E-state index is -2.42. The quantitative estimate of drug-likeness (QED) is 0.175. The molecule has 2 aliphatic heterocycles. The Bertz CT molecular complexity index is 846. The van der Waals surface area contributed by atoms with Gasteiger partial charge >= 0.3 is 0 Å². The molecule has 12 nitrogen and oxygen atoms in total. The molecule has 2 saturated heterocycles. The molecule has 3 rings (SSSR count). The topological polar surface area (TPSA) is 187 Å². The number of amides is 1. The summed E-state index contributed by atoms with van der Waals surface area (Å²) in [6.45, 7) is -1.44. The number of nitrogens with one attached hydrogen (secondary N) is 1. The fourth-order valence-electron chi connectivity index (χ4n) is 3.85. The number of rotatable bonds is 8. The highest BCUT2D eigenvalue weighted by Gasteiger charge is 2.52. The van der Waals surface area contributed by atoms with Gasteiger partial charge < -0.3 is 54.9 Å². The van der Waals surface area contributed by atoms with Gasteiger partial charge in [-0.1, -0.05) is 65.1 Å². The van der Waals surface area contributed by atoms with Crippen molar-refractivity contribution in [2.75, 3.05) is 13.2 Å². The highest BCUT2D eigenvalue weighted by Crippen LogP contribution is 2.32. The molecule has 36 heavy (non-hydrogen) atoms. The van der Waals surface area contributed by atoms with Crippen molar-refractivity contribution < 1.29 is 54.4 Å². The van der Waals surface area contributed by atoms with Crippen LogP contribution in [0.2, 0.25) is 0 Å². The fraction of sp³-hybridized carbons (Fsp3) is 0.667. The summed E-state index contributed by atoms with van der Waals surface area (Å²) in [6, 6.07) is 7.48. The van der Waals surface area contributed by atoms with Crippen molar-refractivity contribution in [1.82, 2.24) is 5.32 Å². The Morgan fingerprint density at radius 3 is 2.06 bits per heavy atom. The number of aliphatic hydroxyl groups is 6. The van der Waals surface area contributed by atoms with Crippen molar-refractivity contribution in [1.29, 1.82) is 0 Å². The zero-order valence-corrected chi connectivity index (χ0v) is 20.9. The molecule has 1 aromatic carbocycles. The van der Waals surface area contributed by atoms with Crippen LogP contribution in [0, 0.1) is 0 Å². The van der Waals surface area contributed by atoms with E-state index in [1.165, 1.54) is 0 Å². The molecule has 15 heteroatoms. The molecule has 0 aliphatic carbocycles. The van der Waals surface area contributed by atoms with Crippen LogP contribution in [0.1, 0.15) is 5.56 Å². The predicted octanol–water partition coefficient (Wildman–Crippen LogP) is -1.68. The molecule has 0 saturated carbocycles. The third kappa shape index (κ3) is 6.97. The van der Waals surface area contributed by atoms with E-state index in [9.17, 15) is 35.4 Å². The molecule has 0 radical (unpaired) electrons. The maximum absolute atomic E-state index is 12.5. The van der Waals surface area contributed by atoms with Crippen LogP contribution in [0.4, 0.5) is 0 Å². The first-order valence-electron chi connectivity index (χ1n) is 10.9. The Hall–Kier alpha value is -0.840. The van der Waals surface area contributed by atoms with Crippen LogP contribution in [-0.2, 0) is 30.3 Å². The Labute approximate surface area is 221 Å². The number of alkyl halides is 3. The standard InChI is InChI=1S/C21H28Cl3NO11/c22-21(23,24)20(32)25-12-17(36-19-16(31)15(30)13(28)10(6-26)35-19)14(29)11(7-27)34-18(12)33-8-9-4-2-1-3-5-9/h1-5,10-19,26-31H,6-8H2,(H,25,32)/t10?,11?,12?,13-,14+,15-,16?,17+,18-,19-/m0/s1. The summed E-state index contributed by atoms with van der Waals surface area (Å²) in [6.07, 6.45) is -14.0. The zero-order valence-electron chi connectivity index (χ0n) is 18.6. The van der Waals surface area contributed by atoms with Crippen molar-refractivity contribution in [3.05, 3.63) is 35.9 Å². The summed E-state index contributed by atoms with van der Waals surface area (Å²) in [4.78, 5) is 12.5. The number of ether oxygens (including phenoxy) is 4. The van der Waals surface area contributed by atoms with Crippen LogP contribution in [-0.4, -0.2) is 115 Å². The second-order valence-electron chi connectivity index (χ2n) is 8.31. The lowest BCUT2D eigenvalue weighted by Crippen LogP contribution is -2.68. The van der Waals surface area contributed by atoms with E-state index in [4.69, 9.17) is 53.8 Å². The van der Waals surface area contributed by atoms with Crippen molar-refractivity contribution in [2.24, 2.45) is 0 Å². The van der Waals surface area contributed by atoms with Crippen LogP contribution < -0.4 is 5.32 Å². The molecule has 2 heterocycles. The van der Waals surface area contributed by atoms with Gasteiger partial charge in [0.25, 0.3) is 9.70 Å². The van der Waals surface area contributed by atoms with Gasteiger partial charge in [0, 0.05) is 0 Å². The van der Waals surface area contributed by atoms with E-state index in [1.807, 2.05) is 0 Å². The molecule has 2 fully saturated rings. The summed E-state index contributed by atoms with van der Waals surface area (Å²) in [5, 5.41) is 62.9. The average Bonchev–Trinajstić information content (AvgIpc) is 2.85. The van der Waals surface area contributed by atoms with E-state index in [-0.39, 0.29) is 6.61 Å². The number of benzene rings is 1. The molecule has 2 aliphatic rings. The summed E-state index contributed by atoms with van der Waals surface area (Å²) in [5.41, 5.74) is 0.727. The van der Waals surface area contributed by atoms with Gasteiger partial charge in [-0.2, -0.15) is 0 Å². The van der Waals surface area contributed by atoms with Crippen LogP contribution in [0.5, 0.6) is 0 Å². The van der Waals surface area contributed by atoms with E-state index in [2.05, 4.69) is 5.32 Å². The lowest BCUT2D eigenvalue weighted by Gasteiger charge is -2.47. The van der Waals surface area contributed by atoms with E-state index in [0.29, 0.717) is 0 Å². The van der Waals surface area contributed by atoms with Crippen LogP contribution in [0.15, 0.2) is 30.3 Å². The second-order valence-corrected chi connectivity index (χ2v) is 10.6. The largest absolute Gasteiger partial charge is 0.394 e. The Morgan fingerprint density at radius 1 is 0.889 bits per heavy atom. The summed E-state index contributed by atoms with van der Waals surface area (Å²) < 4.78 is 20.1. The van der Waals surface area contributed by atoms with Crippen molar-refractivity contribution in [3.63, 3.8) is 0 Å². The van der Waals surface area contributed by atoms with Crippen molar-refractivity contribution >= 4 is 40.7 Å². The number of carbonyl (C=O) groups is 1. The normalized spacial score (nSPS) is 37.5. The lowest BCUT2D eigenvalue weighted by atomic mass is 9.95. The maximum atomic E-state index is 12.5. The molecular weight excluding hydrogens is 549 g/mol. The van der Waals surface area contributed by atoms with E-state index >= 15 is 0 Å². The SMILES string of the molecule is O=C(NC1[C@@H](OCc2ccccc2)OC(CO)[C@@H](O)[C@@H]1O[C@@H]1OC(CO)[C@H](O)[C@H](O)C1O)C(Cl)(Cl)Cl. The fourth-order valence-corrected chi connectivity index (χ4v) is 4.01. The highest BCUT2D eigenvalue weighted by molar-refractivity contribution is 6.76. The van der Waals surface area contributed by atoms with Crippen LogP contribution in [0.25, 0.3) is 0 Å². The van der Waals surface area contributed by atoms with Crippen molar-refractivity contribution in [3.8, 4) is 0 Å². The minimum Gasteiger partial charge on any atom is -0.394 e. The number of hydrogen-bond acceptors (Lipinski definition) is 11. The Kier molecular flexibility index (Phi) is 10.6. The van der Waals surface area contributed by atoms with Gasteiger partial charge in [0.05, 0.1) is 19.8 Å². The molecule has 4 unspecified atom stereocenters. The molecule has 204 valence electrons. The molecule has 10 atom stereocenters. The first-order valence-corrected chi connectivity index (χ1v) is 12.0. The number of carbonyl (C=O) groups excluding carboxylic acids is 1. The van der Waals surface area contributed by atoms with Gasteiger partial charge in [0.1, 0.15) is 48.8 Å². The van der Waals surface area contributed by atoms with Gasteiger partial charge in [-0.05, 0) is 5.56 Å². The van der Waals surface area contributed by atoms with Gasteiger partial charge in [0.2, 0.25) is 0 Å². The molecule has 1 amide bonds. The third-order valence-corrected chi connectivity index (χ3v) is 6.32. The van der Waals surface area contributed by atoms with Crippen LogP contribution >= 0.6 is 34.8 Å². The van der Waals surface area contributed by atoms with Gasteiger partial charge in [-0.3, -0.25) is 4.79 Å². The maximum Gasteiger partial charge on any atom is 0.272 e. The van der Waals surface area contributed by atoms with Crippen LogP contribution in [0.3, 0.4) is 0 Å². The smallest absolute Gasteiger partial charge is 0.272 e. The van der Waals surface area contributed by atoms with Gasteiger partial charge in [0.15, 0.2) is 12.6 Å². The monoisotopic (exact) mass is 575 g/mol. The Balaban J connectivity index is 1.89. The third-order valence-electron chi connectivity index (χ3n) is 5.81. The van der Waals surface area contributed by atoms with E-state index in [0.717, 1.165) is 5.56 Å². The second kappa shape index (κ2) is 12.8. The Morgan fingerprint density at radius 2 is 1.47 bits per heavy atom. The minimum absolute atomic E-state index is 0.0212. The predicted molar refractivity (Wildman–Crippen MR) is 124 cm³/mol. The highest BCUT2D eigenvalue weighted by atomic mass is 35.6. The first kappa shape index (κ1) is 29.7. The summed E-state index contributed by atoms with van der Waals surface area (Å²) in [7, 11) is 0. The number of aliphatic hydroxyl groups excluding tert-OH is 6. The van der Waals surface area contributed by atoms with E-state index < -0.39 is 84.3 Å².